The average Bonchev–Trinajstić information content (AvgIpc) is 2.59. The largest absolute Gasteiger partial charge is 0.326 e. The van der Waals surface area contributed by atoms with E-state index in [1.165, 1.54) is 21.5 Å². The van der Waals surface area contributed by atoms with Gasteiger partial charge in [0.15, 0.2) is 0 Å². The minimum absolute atomic E-state index is 0.132. The highest BCUT2D eigenvalue weighted by atomic mass is 16.1. The minimum atomic E-state index is -0.132. The molecule has 0 heterocycles. The number of benzene rings is 4. The highest BCUT2D eigenvalue weighted by molar-refractivity contribution is 6.25. The van der Waals surface area contributed by atoms with Crippen LogP contribution in [0, 0.1) is 0 Å². The summed E-state index contributed by atoms with van der Waals surface area (Å²) in [5.74, 6) is -0.132. The minimum Gasteiger partial charge on any atom is -0.326 e. The molecule has 0 bridgehead atoms. The van der Waals surface area contributed by atoms with Crippen molar-refractivity contribution in [1.29, 1.82) is 0 Å². The molecule has 0 saturated heterocycles. The Labute approximate surface area is 133 Å². The molecule has 3 heteroatoms. The average molecular weight is 301 g/mol. The zero-order valence-corrected chi connectivity index (χ0v) is 12.5. The first-order valence-electron chi connectivity index (χ1n) is 7.68. The van der Waals surface area contributed by atoms with E-state index in [1.807, 2.05) is 12.1 Å². The number of aldehydes is 1. The van der Waals surface area contributed by atoms with E-state index in [0.717, 1.165) is 22.7 Å². The van der Waals surface area contributed by atoms with Gasteiger partial charge in [-0.3, -0.25) is 4.79 Å². The molecule has 0 atom stereocenters. The third kappa shape index (κ3) is 2.21. The van der Waals surface area contributed by atoms with Gasteiger partial charge in [0.2, 0.25) is 5.91 Å². The van der Waals surface area contributed by atoms with Crippen LogP contribution in [0.4, 0.5) is 5.69 Å². The summed E-state index contributed by atoms with van der Waals surface area (Å²) < 4.78 is 0. The van der Waals surface area contributed by atoms with Crippen LogP contribution in [-0.4, -0.2) is 12.2 Å². The number of rotatable bonds is 4. The van der Waals surface area contributed by atoms with Crippen LogP contribution in [0.25, 0.3) is 32.3 Å². The summed E-state index contributed by atoms with van der Waals surface area (Å²) in [7, 11) is 0. The normalized spacial score (nSPS) is 11.3. The Morgan fingerprint density at radius 1 is 0.870 bits per heavy atom. The van der Waals surface area contributed by atoms with Gasteiger partial charge in [0, 0.05) is 23.9 Å². The molecule has 0 unspecified atom stereocenters. The molecule has 112 valence electrons. The zero-order valence-electron chi connectivity index (χ0n) is 12.5. The van der Waals surface area contributed by atoms with Gasteiger partial charge in [-0.2, -0.15) is 0 Å². The Kier molecular flexibility index (Phi) is 3.19. The summed E-state index contributed by atoms with van der Waals surface area (Å²) >= 11 is 0. The van der Waals surface area contributed by atoms with Crippen molar-refractivity contribution in [3.63, 3.8) is 0 Å². The smallest absolute Gasteiger partial charge is 0.224 e. The van der Waals surface area contributed by atoms with Crippen molar-refractivity contribution in [2.75, 3.05) is 5.32 Å². The molecule has 0 aliphatic rings. The number of carbonyl (C=O) groups excluding carboxylic acids is 2. The zero-order chi connectivity index (χ0) is 15.8. The molecule has 1 N–H and O–H groups in total. The standard InChI is InChI=1S/C20H15NO2/c22-12-2-5-18(23)21-17-11-9-15-7-6-13-3-1-4-14-8-10-16(17)20(15)19(13)14/h1,3-4,6-12H,2,5H2,(H,21,23). The fourth-order valence-corrected chi connectivity index (χ4v) is 3.25. The molecule has 0 radical (unpaired) electrons. The van der Waals surface area contributed by atoms with Crippen LogP contribution in [-0.2, 0) is 9.59 Å². The molecule has 0 aliphatic carbocycles. The molecule has 4 aromatic carbocycles. The van der Waals surface area contributed by atoms with E-state index in [2.05, 4.69) is 47.8 Å². The molecule has 1 amide bonds. The van der Waals surface area contributed by atoms with Crippen LogP contribution in [0.1, 0.15) is 12.8 Å². The first kappa shape index (κ1) is 13.7. The highest BCUT2D eigenvalue weighted by Crippen LogP contribution is 2.37. The van der Waals surface area contributed by atoms with Gasteiger partial charge in [-0.15, -0.1) is 0 Å². The van der Waals surface area contributed by atoms with Crippen molar-refractivity contribution in [2.45, 2.75) is 12.8 Å². The monoisotopic (exact) mass is 301 g/mol. The van der Waals surface area contributed by atoms with E-state index in [4.69, 9.17) is 0 Å². The van der Waals surface area contributed by atoms with Gasteiger partial charge in [-0.25, -0.2) is 0 Å². The van der Waals surface area contributed by atoms with Crippen LogP contribution >= 0.6 is 0 Å². The quantitative estimate of drug-likeness (QED) is 0.445. The molecular formula is C20H15NO2. The highest BCUT2D eigenvalue weighted by Gasteiger charge is 2.12. The first-order chi connectivity index (χ1) is 11.3. The molecule has 0 aromatic heterocycles. The lowest BCUT2D eigenvalue weighted by molar-refractivity contribution is -0.118. The predicted octanol–water partition coefficient (Wildman–Crippen LogP) is 4.50. The van der Waals surface area contributed by atoms with Crippen molar-refractivity contribution < 1.29 is 9.59 Å². The van der Waals surface area contributed by atoms with Crippen molar-refractivity contribution in [3.05, 3.63) is 54.6 Å². The molecule has 4 aromatic rings. The molecule has 0 spiro atoms. The molecule has 3 nitrogen and oxygen atoms in total. The number of carbonyl (C=O) groups is 2. The summed E-state index contributed by atoms with van der Waals surface area (Å²) in [6, 6.07) is 18.6. The molecule has 0 saturated carbocycles. The van der Waals surface area contributed by atoms with E-state index >= 15 is 0 Å². The predicted molar refractivity (Wildman–Crippen MR) is 94.1 cm³/mol. The van der Waals surface area contributed by atoms with Crippen molar-refractivity contribution in [1.82, 2.24) is 0 Å². The van der Waals surface area contributed by atoms with Crippen LogP contribution in [0.5, 0.6) is 0 Å². The second-order valence-electron chi connectivity index (χ2n) is 5.72. The van der Waals surface area contributed by atoms with E-state index in [-0.39, 0.29) is 18.7 Å². The number of nitrogens with one attached hydrogen (secondary N) is 1. The third-order valence-corrected chi connectivity index (χ3v) is 4.29. The molecule has 0 fully saturated rings. The van der Waals surface area contributed by atoms with Crippen LogP contribution in [0.15, 0.2) is 54.6 Å². The maximum Gasteiger partial charge on any atom is 0.224 e. The van der Waals surface area contributed by atoms with Gasteiger partial charge in [-0.05, 0) is 33.0 Å². The lowest BCUT2D eigenvalue weighted by Gasteiger charge is -2.14. The summed E-state index contributed by atoms with van der Waals surface area (Å²) in [5, 5.41) is 9.93. The maximum atomic E-state index is 12.0. The third-order valence-electron chi connectivity index (χ3n) is 4.29. The topological polar surface area (TPSA) is 46.2 Å². The van der Waals surface area contributed by atoms with E-state index < -0.39 is 0 Å². The fraction of sp³-hybridized carbons (Fsp3) is 0.100. The summed E-state index contributed by atoms with van der Waals surface area (Å²) in [5.41, 5.74) is 0.798. The summed E-state index contributed by atoms with van der Waals surface area (Å²) in [6.45, 7) is 0. The van der Waals surface area contributed by atoms with Crippen LogP contribution in [0.3, 0.4) is 0 Å². The number of hydrogen-bond donors (Lipinski definition) is 1. The van der Waals surface area contributed by atoms with Crippen molar-refractivity contribution in [3.8, 4) is 0 Å². The Hall–Kier alpha value is -2.94. The Bertz CT molecular complexity index is 1020. The maximum absolute atomic E-state index is 12.0. The molecule has 0 aliphatic heterocycles. The first-order valence-corrected chi connectivity index (χ1v) is 7.68. The van der Waals surface area contributed by atoms with E-state index in [9.17, 15) is 9.59 Å². The van der Waals surface area contributed by atoms with E-state index in [0.29, 0.717) is 0 Å². The van der Waals surface area contributed by atoms with Gasteiger partial charge in [0.25, 0.3) is 0 Å². The van der Waals surface area contributed by atoms with Crippen LogP contribution in [0.2, 0.25) is 0 Å². The van der Waals surface area contributed by atoms with Crippen molar-refractivity contribution >= 4 is 50.2 Å². The number of anilines is 1. The SMILES string of the molecule is O=CCCC(=O)Nc1ccc2ccc3cccc4ccc1c2c34. The van der Waals surface area contributed by atoms with Gasteiger partial charge in [0.1, 0.15) is 6.29 Å². The number of amides is 1. The fourth-order valence-electron chi connectivity index (χ4n) is 3.25. The Morgan fingerprint density at radius 2 is 1.52 bits per heavy atom. The summed E-state index contributed by atoms with van der Waals surface area (Å²) in [6.07, 6.45) is 1.23. The lowest BCUT2D eigenvalue weighted by atomic mass is 9.93. The lowest BCUT2D eigenvalue weighted by Crippen LogP contribution is -2.11. The molecule has 4 rings (SSSR count). The van der Waals surface area contributed by atoms with E-state index in [1.54, 1.807) is 0 Å². The summed E-state index contributed by atoms with van der Waals surface area (Å²) in [4.78, 5) is 22.4. The second kappa shape index (κ2) is 5.36. The Morgan fingerprint density at radius 3 is 2.26 bits per heavy atom. The second-order valence-corrected chi connectivity index (χ2v) is 5.72. The van der Waals surface area contributed by atoms with Crippen molar-refractivity contribution in [2.24, 2.45) is 0 Å². The van der Waals surface area contributed by atoms with Gasteiger partial charge in [-0.1, -0.05) is 48.5 Å². The van der Waals surface area contributed by atoms with Gasteiger partial charge < -0.3 is 10.1 Å². The van der Waals surface area contributed by atoms with Crippen LogP contribution < -0.4 is 5.32 Å². The molecule has 23 heavy (non-hydrogen) atoms. The Balaban J connectivity index is 1.93. The van der Waals surface area contributed by atoms with Gasteiger partial charge in [0.05, 0.1) is 0 Å². The number of hydrogen-bond acceptors (Lipinski definition) is 2. The van der Waals surface area contributed by atoms with Gasteiger partial charge >= 0.3 is 0 Å². The molecular weight excluding hydrogens is 286 g/mol.